The van der Waals surface area contributed by atoms with Gasteiger partial charge in [-0.05, 0) is 60.2 Å². The number of anilines is 2. The first-order valence-electron chi connectivity index (χ1n) is 10.1. The largest absolute Gasteiger partial charge is 0.427 e. The van der Waals surface area contributed by atoms with Crippen molar-refractivity contribution >= 4 is 29.2 Å². The van der Waals surface area contributed by atoms with Crippen LogP contribution in [0.4, 0.5) is 11.4 Å². The van der Waals surface area contributed by atoms with Crippen molar-refractivity contribution in [3.05, 3.63) is 89.5 Å². The highest BCUT2D eigenvalue weighted by Gasteiger charge is 2.09. The van der Waals surface area contributed by atoms with Crippen molar-refractivity contribution in [1.29, 1.82) is 0 Å². The predicted molar refractivity (Wildman–Crippen MR) is 124 cm³/mol. The molecule has 0 aliphatic heterocycles. The Hall–Kier alpha value is -4.13. The van der Waals surface area contributed by atoms with E-state index < -0.39 is 5.97 Å². The number of carbonyl (C=O) groups is 3. The van der Waals surface area contributed by atoms with E-state index in [4.69, 9.17) is 4.74 Å². The van der Waals surface area contributed by atoms with E-state index in [0.717, 1.165) is 11.3 Å². The van der Waals surface area contributed by atoms with Gasteiger partial charge in [-0.1, -0.05) is 18.2 Å². The topological polar surface area (TPSA) is 87.7 Å². The van der Waals surface area contributed by atoms with Gasteiger partial charge in [0.1, 0.15) is 5.75 Å². The maximum Gasteiger partial charge on any atom is 0.308 e. The number of rotatable bonds is 7. The Bertz CT molecular complexity index is 1110. The Kier molecular flexibility index (Phi) is 7.23. The van der Waals surface area contributed by atoms with Gasteiger partial charge in [0.05, 0.1) is 0 Å². The van der Waals surface area contributed by atoms with Gasteiger partial charge in [-0.25, -0.2) is 0 Å². The van der Waals surface area contributed by atoms with Gasteiger partial charge in [0.2, 0.25) is 0 Å². The Morgan fingerprint density at radius 1 is 0.844 bits per heavy atom. The summed E-state index contributed by atoms with van der Waals surface area (Å²) in [6.45, 7) is 1.67. The first kappa shape index (κ1) is 22.6. The second-order valence-electron chi connectivity index (χ2n) is 7.40. The fourth-order valence-corrected chi connectivity index (χ4v) is 2.97. The van der Waals surface area contributed by atoms with Gasteiger partial charge in [0, 0.05) is 50.1 Å². The predicted octanol–water partition coefficient (Wildman–Crippen LogP) is 3.86. The van der Waals surface area contributed by atoms with E-state index in [1.165, 1.54) is 13.0 Å². The Balaban J connectivity index is 1.55. The first-order chi connectivity index (χ1) is 15.3. The molecule has 0 spiro atoms. The Morgan fingerprint density at radius 3 is 2.16 bits per heavy atom. The number of benzene rings is 3. The lowest BCUT2D eigenvalue weighted by atomic mass is 10.1. The minimum atomic E-state index is -0.448. The molecule has 2 N–H and O–H groups in total. The number of nitrogens with one attached hydrogen (secondary N) is 2. The summed E-state index contributed by atoms with van der Waals surface area (Å²) in [7, 11) is 3.89. The summed E-state index contributed by atoms with van der Waals surface area (Å²) < 4.78 is 5.01. The molecule has 0 aliphatic rings. The van der Waals surface area contributed by atoms with Gasteiger partial charge in [-0.3, -0.25) is 14.4 Å². The molecule has 0 bridgehead atoms. The molecule has 32 heavy (non-hydrogen) atoms. The molecule has 2 amide bonds. The lowest BCUT2D eigenvalue weighted by molar-refractivity contribution is -0.131. The number of ether oxygens (including phenoxy) is 1. The van der Waals surface area contributed by atoms with E-state index in [1.807, 2.05) is 43.3 Å². The first-order valence-corrected chi connectivity index (χ1v) is 10.1. The third kappa shape index (κ3) is 6.18. The highest BCUT2D eigenvalue weighted by Crippen LogP contribution is 2.17. The van der Waals surface area contributed by atoms with Crippen molar-refractivity contribution in [2.24, 2.45) is 0 Å². The molecule has 0 aliphatic carbocycles. The summed E-state index contributed by atoms with van der Waals surface area (Å²) in [4.78, 5) is 37.9. The van der Waals surface area contributed by atoms with Crippen LogP contribution in [0.5, 0.6) is 5.75 Å². The second-order valence-corrected chi connectivity index (χ2v) is 7.40. The molecule has 3 aromatic carbocycles. The minimum absolute atomic E-state index is 0.152. The average molecular weight is 431 g/mol. The number of nitrogens with zero attached hydrogens (tertiary/aromatic N) is 1. The quantitative estimate of drug-likeness (QED) is 0.438. The Labute approximate surface area is 187 Å². The summed E-state index contributed by atoms with van der Waals surface area (Å²) in [6, 6.07) is 21.0. The number of hydrogen-bond acceptors (Lipinski definition) is 5. The van der Waals surface area contributed by atoms with Crippen LogP contribution in [0.25, 0.3) is 0 Å². The van der Waals surface area contributed by atoms with Crippen LogP contribution in [0.1, 0.15) is 33.2 Å². The molecule has 0 atom stereocenters. The van der Waals surface area contributed by atoms with Gasteiger partial charge in [-0.2, -0.15) is 0 Å². The third-order valence-corrected chi connectivity index (χ3v) is 4.67. The van der Waals surface area contributed by atoms with Crippen LogP contribution in [-0.4, -0.2) is 31.9 Å². The van der Waals surface area contributed by atoms with Crippen LogP contribution in [0, 0.1) is 0 Å². The zero-order valence-electron chi connectivity index (χ0n) is 18.2. The highest BCUT2D eigenvalue weighted by atomic mass is 16.5. The van der Waals surface area contributed by atoms with Gasteiger partial charge in [0.15, 0.2) is 0 Å². The molecular weight excluding hydrogens is 406 g/mol. The van der Waals surface area contributed by atoms with Gasteiger partial charge < -0.3 is 20.3 Å². The molecular formula is C25H25N3O4. The van der Waals surface area contributed by atoms with Gasteiger partial charge in [-0.15, -0.1) is 0 Å². The summed E-state index contributed by atoms with van der Waals surface area (Å²) in [5.41, 5.74) is 3.51. The second kappa shape index (κ2) is 10.3. The van der Waals surface area contributed by atoms with Crippen LogP contribution in [0.15, 0.2) is 72.8 Å². The molecule has 3 rings (SSSR count). The van der Waals surface area contributed by atoms with Crippen molar-refractivity contribution in [2.75, 3.05) is 24.3 Å². The van der Waals surface area contributed by atoms with Crippen molar-refractivity contribution < 1.29 is 19.1 Å². The molecule has 0 saturated carbocycles. The number of hydrogen-bond donors (Lipinski definition) is 2. The summed E-state index contributed by atoms with van der Waals surface area (Å²) in [5.74, 6) is -0.606. The molecule has 3 aromatic rings. The van der Waals surface area contributed by atoms with Crippen LogP contribution in [0.2, 0.25) is 0 Å². The summed E-state index contributed by atoms with van der Waals surface area (Å²) in [5, 5.41) is 5.69. The SMILES string of the molecule is CC(=O)Oc1cccc(C(=O)Nc2ccc(CNC(=O)c3ccc(N(C)C)cc3)cc2)c1. The van der Waals surface area contributed by atoms with Gasteiger partial charge >= 0.3 is 5.97 Å². The van der Waals surface area contributed by atoms with Crippen LogP contribution in [0.3, 0.4) is 0 Å². The zero-order chi connectivity index (χ0) is 23.1. The van der Waals surface area contributed by atoms with Crippen LogP contribution < -0.4 is 20.3 Å². The fourth-order valence-electron chi connectivity index (χ4n) is 2.97. The van der Waals surface area contributed by atoms with E-state index in [-0.39, 0.29) is 11.8 Å². The zero-order valence-corrected chi connectivity index (χ0v) is 18.2. The number of carbonyl (C=O) groups excluding carboxylic acids is 3. The normalized spacial score (nSPS) is 10.2. The molecule has 0 heterocycles. The monoisotopic (exact) mass is 431 g/mol. The molecule has 164 valence electrons. The summed E-state index contributed by atoms with van der Waals surface area (Å²) in [6.07, 6.45) is 0. The highest BCUT2D eigenvalue weighted by molar-refractivity contribution is 6.04. The van der Waals surface area contributed by atoms with E-state index in [0.29, 0.717) is 29.1 Å². The maximum absolute atomic E-state index is 12.5. The molecule has 7 nitrogen and oxygen atoms in total. The molecule has 0 fully saturated rings. The Morgan fingerprint density at radius 2 is 1.53 bits per heavy atom. The standard InChI is InChI=1S/C25H25N3O4/c1-17(29)32-23-6-4-5-20(15-23)25(31)27-21-11-7-18(8-12-21)16-26-24(30)19-9-13-22(14-10-19)28(2)3/h4-15H,16H2,1-3H3,(H,26,30)(H,27,31). The molecule has 0 aromatic heterocycles. The lowest BCUT2D eigenvalue weighted by Crippen LogP contribution is -2.22. The van der Waals surface area contributed by atoms with E-state index in [2.05, 4.69) is 10.6 Å². The fraction of sp³-hybridized carbons (Fsp3) is 0.160. The van der Waals surface area contributed by atoms with E-state index in [9.17, 15) is 14.4 Å². The van der Waals surface area contributed by atoms with Gasteiger partial charge in [0.25, 0.3) is 11.8 Å². The number of amides is 2. The molecule has 0 saturated heterocycles. The molecule has 0 unspecified atom stereocenters. The minimum Gasteiger partial charge on any atom is -0.427 e. The lowest BCUT2D eigenvalue weighted by Gasteiger charge is -2.12. The molecule has 0 radical (unpaired) electrons. The van der Waals surface area contributed by atoms with Crippen molar-refractivity contribution in [3.63, 3.8) is 0 Å². The van der Waals surface area contributed by atoms with Crippen LogP contribution in [-0.2, 0) is 11.3 Å². The number of esters is 1. The maximum atomic E-state index is 12.5. The summed E-state index contributed by atoms with van der Waals surface area (Å²) >= 11 is 0. The smallest absolute Gasteiger partial charge is 0.308 e. The van der Waals surface area contributed by atoms with Crippen molar-refractivity contribution in [2.45, 2.75) is 13.5 Å². The average Bonchev–Trinajstić information content (AvgIpc) is 2.78. The molecule has 7 heteroatoms. The third-order valence-electron chi connectivity index (χ3n) is 4.67. The van der Waals surface area contributed by atoms with Crippen molar-refractivity contribution in [3.8, 4) is 5.75 Å². The van der Waals surface area contributed by atoms with Crippen LogP contribution >= 0.6 is 0 Å². The van der Waals surface area contributed by atoms with E-state index in [1.54, 1.807) is 42.5 Å². The van der Waals surface area contributed by atoms with Crippen molar-refractivity contribution in [1.82, 2.24) is 5.32 Å². The van der Waals surface area contributed by atoms with E-state index >= 15 is 0 Å².